The second kappa shape index (κ2) is 6.70. The Balaban J connectivity index is 0.000000872. The summed E-state index contributed by atoms with van der Waals surface area (Å²) < 4.78 is 0. The van der Waals surface area contributed by atoms with Crippen molar-refractivity contribution in [2.45, 2.75) is 33.1 Å². The molecule has 0 spiro atoms. The van der Waals surface area contributed by atoms with Gasteiger partial charge in [-0.1, -0.05) is 107 Å². The lowest BCUT2D eigenvalue weighted by atomic mass is 9.82. The van der Waals surface area contributed by atoms with Crippen molar-refractivity contribution >= 4 is 10.8 Å². The van der Waals surface area contributed by atoms with Gasteiger partial charge < -0.3 is 0 Å². The summed E-state index contributed by atoms with van der Waals surface area (Å²) in [6.07, 6.45) is 0. The lowest BCUT2D eigenvalue weighted by Gasteiger charge is -2.21. The first-order chi connectivity index (χ1) is 13.2. The minimum atomic E-state index is 0.0726. The molecule has 4 aromatic carbocycles. The Morgan fingerprint density at radius 1 is 0.556 bits per heavy atom. The normalized spacial score (nSPS) is 13.5. The Kier molecular flexibility index (Phi) is 4.36. The van der Waals surface area contributed by atoms with E-state index in [1.54, 1.807) is 0 Å². The van der Waals surface area contributed by atoms with E-state index in [2.05, 4.69) is 98.8 Å². The third-order valence-electron chi connectivity index (χ3n) is 5.68. The van der Waals surface area contributed by atoms with Crippen LogP contribution in [0.5, 0.6) is 0 Å². The second-order valence-corrected chi connectivity index (χ2v) is 7.46. The van der Waals surface area contributed by atoms with Crippen molar-refractivity contribution in [2.24, 2.45) is 0 Å². The summed E-state index contributed by atoms with van der Waals surface area (Å²) in [6, 6.07) is 31.0. The first-order valence-electron chi connectivity index (χ1n) is 9.89. The highest BCUT2D eigenvalue weighted by molar-refractivity contribution is 5.98. The van der Waals surface area contributed by atoms with Crippen LogP contribution >= 0.6 is 0 Å². The minimum absolute atomic E-state index is 0.0726. The van der Waals surface area contributed by atoms with E-state index in [1.165, 1.54) is 44.2 Å². The first-order valence-corrected chi connectivity index (χ1v) is 9.89. The van der Waals surface area contributed by atoms with Crippen molar-refractivity contribution in [3.05, 3.63) is 96.1 Å². The maximum absolute atomic E-state index is 2.38. The SMILES string of the molecule is CC.CC1(C)c2ccccc2-c2cc(-c3cccc4ccccc34)ccc21. The van der Waals surface area contributed by atoms with Crippen molar-refractivity contribution in [1.82, 2.24) is 0 Å². The Morgan fingerprint density at radius 3 is 2.04 bits per heavy atom. The number of rotatable bonds is 1. The molecular formula is C27H26. The Labute approximate surface area is 162 Å². The smallest absolute Gasteiger partial charge is 0.0158 e. The molecule has 0 unspecified atom stereocenters. The third kappa shape index (κ3) is 2.68. The summed E-state index contributed by atoms with van der Waals surface area (Å²) >= 11 is 0. The Bertz CT molecular complexity index is 1110. The maximum Gasteiger partial charge on any atom is 0.0158 e. The summed E-state index contributed by atoms with van der Waals surface area (Å²) in [6.45, 7) is 8.66. The van der Waals surface area contributed by atoms with Crippen LogP contribution in [0.4, 0.5) is 0 Å². The largest absolute Gasteiger partial charge is 0.0683 e. The Hall–Kier alpha value is -2.86. The van der Waals surface area contributed by atoms with Gasteiger partial charge in [-0.3, -0.25) is 0 Å². The third-order valence-corrected chi connectivity index (χ3v) is 5.68. The van der Waals surface area contributed by atoms with E-state index in [0.29, 0.717) is 0 Å². The molecular weight excluding hydrogens is 324 g/mol. The van der Waals surface area contributed by atoms with E-state index in [9.17, 15) is 0 Å². The van der Waals surface area contributed by atoms with Gasteiger partial charge in [0.25, 0.3) is 0 Å². The van der Waals surface area contributed by atoms with Crippen molar-refractivity contribution < 1.29 is 0 Å². The van der Waals surface area contributed by atoms with Gasteiger partial charge in [0.05, 0.1) is 0 Å². The minimum Gasteiger partial charge on any atom is -0.0683 e. The van der Waals surface area contributed by atoms with Gasteiger partial charge in [0.15, 0.2) is 0 Å². The van der Waals surface area contributed by atoms with Gasteiger partial charge in [0.1, 0.15) is 0 Å². The van der Waals surface area contributed by atoms with Gasteiger partial charge >= 0.3 is 0 Å². The van der Waals surface area contributed by atoms with E-state index >= 15 is 0 Å². The number of hydrogen-bond acceptors (Lipinski definition) is 0. The molecule has 0 nitrogen and oxygen atoms in total. The molecule has 4 aromatic rings. The van der Waals surface area contributed by atoms with Crippen LogP contribution in [-0.4, -0.2) is 0 Å². The zero-order chi connectivity index (χ0) is 19.0. The fraction of sp³-hybridized carbons (Fsp3) is 0.185. The average Bonchev–Trinajstić information content (AvgIpc) is 2.96. The van der Waals surface area contributed by atoms with Crippen molar-refractivity contribution in [2.75, 3.05) is 0 Å². The van der Waals surface area contributed by atoms with Crippen molar-refractivity contribution in [3.63, 3.8) is 0 Å². The molecule has 0 heteroatoms. The molecule has 1 aliphatic rings. The molecule has 0 bridgehead atoms. The van der Waals surface area contributed by atoms with Gasteiger partial charge in [-0.25, -0.2) is 0 Å². The topological polar surface area (TPSA) is 0 Å². The van der Waals surface area contributed by atoms with Gasteiger partial charge in [-0.15, -0.1) is 0 Å². The fourth-order valence-corrected chi connectivity index (χ4v) is 4.36. The molecule has 1 aliphatic carbocycles. The van der Waals surface area contributed by atoms with Crippen LogP contribution in [0.25, 0.3) is 33.0 Å². The summed E-state index contributed by atoms with van der Waals surface area (Å²) in [7, 11) is 0. The highest BCUT2D eigenvalue weighted by Crippen LogP contribution is 2.49. The zero-order valence-corrected chi connectivity index (χ0v) is 16.6. The molecule has 27 heavy (non-hydrogen) atoms. The molecule has 0 atom stereocenters. The number of hydrogen-bond donors (Lipinski definition) is 0. The van der Waals surface area contributed by atoms with Gasteiger partial charge in [-0.2, -0.15) is 0 Å². The van der Waals surface area contributed by atoms with Crippen LogP contribution in [-0.2, 0) is 5.41 Å². The van der Waals surface area contributed by atoms with E-state index in [4.69, 9.17) is 0 Å². The van der Waals surface area contributed by atoms with Gasteiger partial charge in [0.2, 0.25) is 0 Å². The zero-order valence-electron chi connectivity index (χ0n) is 16.6. The average molecular weight is 351 g/mol. The van der Waals surface area contributed by atoms with E-state index in [0.717, 1.165) is 0 Å². The van der Waals surface area contributed by atoms with Crippen LogP contribution in [0.15, 0.2) is 84.9 Å². The first kappa shape index (κ1) is 17.5. The molecule has 0 heterocycles. The van der Waals surface area contributed by atoms with E-state index in [1.807, 2.05) is 13.8 Å². The van der Waals surface area contributed by atoms with Crippen LogP contribution in [0, 0.1) is 0 Å². The van der Waals surface area contributed by atoms with Crippen molar-refractivity contribution in [3.8, 4) is 22.3 Å². The van der Waals surface area contributed by atoms with Gasteiger partial charge in [0, 0.05) is 5.41 Å². The molecule has 0 fully saturated rings. The quantitative estimate of drug-likeness (QED) is 0.328. The number of fused-ring (bicyclic) bond motifs is 4. The molecule has 5 rings (SSSR count). The van der Waals surface area contributed by atoms with Crippen LogP contribution in [0.2, 0.25) is 0 Å². The van der Waals surface area contributed by atoms with Crippen LogP contribution in [0.1, 0.15) is 38.8 Å². The predicted octanol–water partition coefficient (Wildman–Crippen LogP) is 7.84. The molecule has 0 amide bonds. The Morgan fingerprint density at radius 2 is 1.19 bits per heavy atom. The maximum atomic E-state index is 2.38. The summed E-state index contributed by atoms with van der Waals surface area (Å²) in [5.41, 5.74) is 8.29. The van der Waals surface area contributed by atoms with Crippen molar-refractivity contribution in [1.29, 1.82) is 0 Å². The summed E-state index contributed by atoms with van der Waals surface area (Å²) in [5.74, 6) is 0. The summed E-state index contributed by atoms with van der Waals surface area (Å²) in [4.78, 5) is 0. The van der Waals surface area contributed by atoms with Crippen LogP contribution in [0.3, 0.4) is 0 Å². The van der Waals surface area contributed by atoms with E-state index < -0.39 is 0 Å². The fourth-order valence-electron chi connectivity index (χ4n) is 4.36. The molecule has 0 N–H and O–H groups in total. The lowest BCUT2D eigenvalue weighted by Crippen LogP contribution is -2.14. The molecule has 0 saturated heterocycles. The van der Waals surface area contributed by atoms with Gasteiger partial charge in [-0.05, 0) is 50.2 Å². The highest BCUT2D eigenvalue weighted by atomic mass is 14.4. The monoisotopic (exact) mass is 350 g/mol. The highest BCUT2D eigenvalue weighted by Gasteiger charge is 2.35. The lowest BCUT2D eigenvalue weighted by molar-refractivity contribution is 0.660. The second-order valence-electron chi connectivity index (χ2n) is 7.46. The molecule has 0 saturated carbocycles. The number of benzene rings is 4. The summed E-state index contributed by atoms with van der Waals surface area (Å²) in [5, 5.41) is 2.61. The predicted molar refractivity (Wildman–Crippen MR) is 118 cm³/mol. The molecule has 0 aliphatic heterocycles. The van der Waals surface area contributed by atoms with Crippen LogP contribution < -0.4 is 0 Å². The molecule has 0 aromatic heterocycles. The molecule has 0 radical (unpaired) electrons. The molecule has 134 valence electrons. The standard InChI is InChI=1S/C25H20.C2H6/c1-25(2)23-13-6-5-11-21(23)22-16-18(14-15-24(22)25)20-12-7-9-17-8-3-4-10-19(17)20;1-2/h3-16H,1-2H3;1-2H3. The van der Waals surface area contributed by atoms with E-state index in [-0.39, 0.29) is 5.41 Å².